The summed E-state index contributed by atoms with van der Waals surface area (Å²) < 4.78 is 0. The number of piperidine rings is 1. The second-order valence-corrected chi connectivity index (χ2v) is 4.97. The van der Waals surface area contributed by atoms with Crippen LogP contribution >= 0.6 is 0 Å². The van der Waals surface area contributed by atoms with E-state index >= 15 is 0 Å². The molecule has 4 nitrogen and oxygen atoms in total. The first-order chi connectivity index (χ1) is 8.63. The van der Waals surface area contributed by atoms with Crippen LogP contribution in [0.4, 0.5) is 5.82 Å². The maximum Gasteiger partial charge on any atom is 0.339 e. The number of aromatic carboxylic acids is 1. The van der Waals surface area contributed by atoms with Gasteiger partial charge in [-0.15, -0.1) is 0 Å². The number of carboxylic acids is 1. The Labute approximate surface area is 108 Å². The minimum atomic E-state index is -0.881. The van der Waals surface area contributed by atoms with Gasteiger partial charge in [0.1, 0.15) is 11.4 Å². The van der Waals surface area contributed by atoms with E-state index in [1.807, 2.05) is 6.92 Å². The predicted molar refractivity (Wildman–Crippen MR) is 71.2 cm³/mol. The third-order valence-electron chi connectivity index (χ3n) is 3.84. The summed E-state index contributed by atoms with van der Waals surface area (Å²) in [7, 11) is 0. The molecule has 0 amide bonds. The van der Waals surface area contributed by atoms with Gasteiger partial charge in [-0.1, -0.05) is 13.3 Å². The van der Waals surface area contributed by atoms with Crippen LogP contribution in [0.25, 0.3) is 0 Å². The Morgan fingerprint density at radius 2 is 2.17 bits per heavy atom. The zero-order chi connectivity index (χ0) is 13.1. The molecule has 1 aliphatic rings. The molecule has 1 aromatic rings. The fraction of sp³-hybridized carbons (Fsp3) is 0.571. The summed E-state index contributed by atoms with van der Waals surface area (Å²) in [5, 5.41) is 9.31. The van der Waals surface area contributed by atoms with E-state index in [9.17, 15) is 9.90 Å². The summed E-state index contributed by atoms with van der Waals surface area (Å²) in [6.07, 6.45) is 5.17. The van der Waals surface area contributed by atoms with E-state index in [1.54, 1.807) is 12.3 Å². The maximum absolute atomic E-state index is 11.3. The molecule has 0 saturated carbocycles. The van der Waals surface area contributed by atoms with Gasteiger partial charge in [0.25, 0.3) is 0 Å². The van der Waals surface area contributed by atoms with Crippen LogP contribution in [0.15, 0.2) is 12.3 Å². The van der Waals surface area contributed by atoms with Crippen molar-refractivity contribution in [2.45, 2.75) is 33.1 Å². The molecule has 0 atom stereocenters. The van der Waals surface area contributed by atoms with Gasteiger partial charge in [0.05, 0.1) is 0 Å². The topological polar surface area (TPSA) is 53.4 Å². The van der Waals surface area contributed by atoms with Crippen molar-refractivity contribution in [1.82, 2.24) is 4.98 Å². The standard InChI is InChI=1S/C14H20N2O2/c1-3-11-5-8-16(9-6-11)13-12(14(17)18)10(2)4-7-15-13/h4,7,11H,3,5-6,8-9H2,1-2H3,(H,17,18). The summed E-state index contributed by atoms with van der Waals surface area (Å²) in [4.78, 5) is 17.7. The zero-order valence-corrected chi connectivity index (χ0v) is 11.0. The lowest BCUT2D eigenvalue weighted by Crippen LogP contribution is -2.35. The van der Waals surface area contributed by atoms with Crippen molar-refractivity contribution >= 4 is 11.8 Å². The molecule has 0 aromatic carbocycles. The number of hydrogen-bond acceptors (Lipinski definition) is 3. The average Bonchev–Trinajstić information content (AvgIpc) is 2.38. The molecule has 1 aromatic heterocycles. The fourth-order valence-electron chi connectivity index (χ4n) is 2.60. The first kappa shape index (κ1) is 12.9. The number of nitrogens with zero attached hydrogens (tertiary/aromatic N) is 2. The highest BCUT2D eigenvalue weighted by atomic mass is 16.4. The molecule has 1 fully saturated rings. The van der Waals surface area contributed by atoms with Crippen molar-refractivity contribution in [2.24, 2.45) is 5.92 Å². The first-order valence-corrected chi connectivity index (χ1v) is 6.57. The maximum atomic E-state index is 11.3. The Kier molecular flexibility index (Phi) is 3.84. The quantitative estimate of drug-likeness (QED) is 0.893. The molecule has 18 heavy (non-hydrogen) atoms. The van der Waals surface area contributed by atoms with E-state index in [0.29, 0.717) is 11.4 Å². The molecule has 2 rings (SSSR count). The SMILES string of the molecule is CCC1CCN(c2nccc(C)c2C(=O)O)CC1. The van der Waals surface area contributed by atoms with Crippen LogP contribution in [-0.4, -0.2) is 29.1 Å². The Balaban J connectivity index is 2.24. The van der Waals surface area contributed by atoms with E-state index in [2.05, 4.69) is 16.8 Å². The van der Waals surface area contributed by atoms with Crippen LogP contribution in [0.1, 0.15) is 42.1 Å². The third kappa shape index (κ3) is 2.47. The summed E-state index contributed by atoms with van der Waals surface area (Å²) in [5.74, 6) is 0.532. The number of aromatic nitrogens is 1. The molecule has 0 spiro atoms. The van der Waals surface area contributed by atoms with Crippen molar-refractivity contribution in [2.75, 3.05) is 18.0 Å². The van der Waals surface area contributed by atoms with E-state index in [1.165, 1.54) is 6.42 Å². The van der Waals surface area contributed by atoms with Crippen LogP contribution < -0.4 is 4.90 Å². The van der Waals surface area contributed by atoms with Gasteiger partial charge in [0.15, 0.2) is 0 Å². The van der Waals surface area contributed by atoms with Gasteiger partial charge in [-0.25, -0.2) is 9.78 Å². The van der Waals surface area contributed by atoms with Gasteiger partial charge >= 0.3 is 5.97 Å². The molecule has 1 aliphatic heterocycles. The molecule has 98 valence electrons. The lowest BCUT2D eigenvalue weighted by Gasteiger charge is -2.33. The molecule has 0 radical (unpaired) electrons. The summed E-state index contributed by atoms with van der Waals surface area (Å²) >= 11 is 0. The fourth-order valence-corrected chi connectivity index (χ4v) is 2.60. The van der Waals surface area contributed by atoms with Crippen LogP contribution in [0.3, 0.4) is 0 Å². The van der Waals surface area contributed by atoms with E-state index < -0.39 is 5.97 Å². The molecule has 4 heteroatoms. The lowest BCUT2D eigenvalue weighted by atomic mass is 9.94. The highest BCUT2D eigenvalue weighted by molar-refractivity contribution is 5.94. The number of pyridine rings is 1. The van der Waals surface area contributed by atoms with Gasteiger partial charge in [0.2, 0.25) is 0 Å². The normalized spacial score (nSPS) is 16.9. The molecule has 0 unspecified atom stereocenters. The Morgan fingerprint density at radius 3 is 2.72 bits per heavy atom. The molecule has 2 heterocycles. The number of anilines is 1. The first-order valence-electron chi connectivity index (χ1n) is 6.57. The highest BCUT2D eigenvalue weighted by Gasteiger charge is 2.23. The molecule has 0 bridgehead atoms. The molecule has 1 N–H and O–H groups in total. The van der Waals surface area contributed by atoms with Crippen molar-refractivity contribution in [3.63, 3.8) is 0 Å². The number of rotatable bonds is 3. The number of carboxylic acid groups (broad SMARTS) is 1. The van der Waals surface area contributed by atoms with Crippen LogP contribution in [-0.2, 0) is 0 Å². The molecular weight excluding hydrogens is 228 g/mol. The number of carbonyl (C=O) groups is 1. The van der Waals surface area contributed by atoms with Gasteiger partial charge in [-0.2, -0.15) is 0 Å². The van der Waals surface area contributed by atoms with Crippen LogP contribution in [0.5, 0.6) is 0 Å². The summed E-state index contributed by atoms with van der Waals surface area (Å²) in [6, 6.07) is 1.76. The van der Waals surface area contributed by atoms with Crippen molar-refractivity contribution < 1.29 is 9.90 Å². The third-order valence-corrected chi connectivity index (χ3v) is 3.84. The van der Waals surface area contributed by atoms with Crippen molar-refractivity contribution in [3.05, 3.63) is 23.4 Å². The number of hydrogen-bond donors (Lipinski definition) is 1. The van der Waals surface area contributed by atoms with Gasteiger partial charge < -0.3 is 10.0 Å². The zero-order valence-electron chi connectivity index (χ0n) is 11.0. The minimum Gasteiger partial charge on any atom is -0.478 e. The highest BCUT2D eigenvalue weighted by Crippen LogP contribution is 2.27. The summed E-state index contributed by atoms with van der Waals surface area (Å²) in [6.45, 7) is 5.87. The van der Waals surface area contributed by atoms with Crippen LogP contribution in [0, 0.1) is 12.8 Å². The Morgan fingerprint density at radius 1 is 1.50 bits per heavy atom. The monoisotopic (exact) mass is 248 g/mol. The van der Waals surface area contributed by atoms with Crippen molar-refractivity contribution in [1.29, 1.82) is 0 Å². The number of aryl methyl sites for hydroxylation is 1. The van der Waals surface area contributed by atoms with Gasteiger partial charge in [-0.05, 0) is 37.3 Å². The smallest absolute Gasteiger partial charge is 0.339 e. The van der Waals surface area contributed by atoms with Crippen molar-refractivity contribution in [3.8, 4) is 0 Å². The van der Waals surface area contributed by atoms with E-state index in [0.717, 1.165) is 37.4 Å². The predicted octanol–water partition coefficient (Wildman–Crippen LogP) is 2.71. The minimum absolute atomic E-state index is 0.354. The Hall–Kier alpha value is -1.58. The second kappa shape index (κ2) is 5.38. The van der Waals surface area contributed by atoms with Gasteiger partial charge in [0, 0.05) is 19.3 Å². The molecule has 0 aliphatic carbocycles. The Bertz CT molecular complexity index is 437. The lowest BCUT2D eigenvalue weighted by molar-refractivity contribution is 0.0696. The van der Waals surface area contributed by atoms with Gasteiger partial charge in [-0.3, -0.25) is 0 Å². The second-order valence-electron chi connectivity index (χ2n) is 4.97. The molecular formula is C14H20N2O2. The van der Waals surface area contributed by atoms with E-state index in [-0.39, 0.29) is 0 Å². The molecule has 1 saturated heterocycles. The average molecular weight is 248 g/mol. The van der Waals surface area contributed by atoms with E-state index in [4.69, 9.17) is 0 Å². The summed E-state index contributed by atoms with van der Waals surface area (Å²) in [5.41, 5.74) is 1.14. The largest absolute Gasteiger partial charge is 0.478 e. The van der Waals surface area contributed by atoms with Crippen LogP contribution in [0.2, 0.25) is 0 Å².